The molecule has 0 fully saturated rings. The first kappa shape index (κ1) is 14.6. The molecule has 8 heteroatoms. The molecule has 0 bridgehead atoms. The number of rotatable bonds is 6. The second-order valence-corrected chi connectivity index (χ2v) is 6.50. The van der Waals surface area contributed by atoms with Crippen LogP contribution in [0.3, 0.4) is 0 Å². The van der Waals surface area contributed by atoms with Crippen molar-refractivity contribution in [1.82, 2.24) is 24.3 Å². The zero-order valence-electron chi connectivity index (χ0n) is 11.8. The summed E-state index contributed by atoms with van der Waals surface area (Å²) in [6.07, 6.45) is 6.03. The van der Waals surface area contributed by atoms with Crippen molar-refractivity contribution < 1.29 is 8.42 Å². The maximum Gasteiger partial charge on any atom is 0.242 e. The molecule has 7 nitrogen and oxygen atoms in total. The Kier molecular flexibility index (Phi) is 4.12. The van der Waals surface area contributed by atoms with Crippen LogP contribution in [0.15, 0.2) is 53.8 Å². The third-order valence-corrected chi connectivity index (χ3v) is 4.64. The normalized spacial score (nSPS) is 11.8. The van der Waals surface area contributed by atoms with E-state index >= 15 is 0 Å². The molecule has 0 aliphatic carbocycles. The molecule has 0 radical (unpaired) electrons. The Morgan fingerprint density at radius 1 is 1.14 bits per heavy atom. The zero-order valence-corrected chi connectivity index (χ0v) is 12.6. The molecular formula is C14H15N5O2S. The van der Waals surface area contributed by atoms with Crippen LogP contribution < -0.4 is 4.72 Å². The van der Waals surface area contributed by atoms with Gasteiger partial charge in [-0.1, -0.05) is 6.07 Å². The van der Waals surface area contributed by atoms with Gasteiger partial charge in [0, 0.05) is 31.6 Å². The third-order valence-electron chi connectivity index (χ3n) is 3.20. The van der Waals surface area contributed by atoms with Crippen molar-refractivity contribution in [2.24, 2.45) is 0 Å². The minimum Gasteiger partial charge on any atom is -0.286 e. The fourth-order valence-corrected chi connectivity index (χ4v) is 3.14. The molecule has 3 heterocycles. The maximum absolute atomic E-state index is 12.0. The van der Waals surface area contributed by atoms with E-state index in [0.717, 1.165) is 11.5 Å². The molecule has 1 N–H and O–H groups in total. The van der Waals surface area contributed by atoms with Crippen LogP contribution >= 0.6 is 0 Å². The number of sulfonamides is 1. The number of pyridine rings is 2. The third kappa shape index (κ3) is 3.12. The largest absolute Gasteiger partial charge is 0.286 e. The van der Waals surface area contributed by atoms with Gasteiger partial charge in [-0.3, -0.25) is 9.38 Å². The van der Waals surface area contributed by atoms with Gasteiger partial charge >= 0.3 is 0 Å². The highest BCUT2D eigenvalue weighted by atomic mass is 32.2. The average Bonchev–Trinajstić information content (AvgIpc) is 2.96. The smallest absolute Gasteiger partial charge is 0.242 e. The maximum atomic E-state index is 12.0. The molecular weight excluding hydrogens is 302 g/mol. The quantitative estimate of drug-likeness (QED) is 0.686. The molecule has 22 heavy (non-hydrogen) atoms. The molecule has 114 valence electrons. The number of aromatic nitrogens is 4. The van der Waals surface area contributed by atoms with E-state index in [2.05, 4.69) is 19.9 Å². The van der Waals surface area contributed by atoms with Gasteiger partial charge in [-0.05, 0) is 30.7 Å². The lowest BCUT2D eigenvalue weighted by atomic mass is 10.3. The number of hydrogen-bond donors (Lipinski definition) is 1. The first-order valence-electron chi connectivity index (χ1n) is 6.85. The van der Waals surface area contributed by atoms with E-state index < -0.39 is 10.0 Å². The fourth-order valence-electron chi connectivity index (χ4n) is 2.10. The van der Waals surface area contributed by atoms with Crippen molar-refractivity contribution in [3.8, 4) is 0 Å². The predicted molar refractivity (Wildman–Crippen MR) is 80.7 cm³/mol. The van der Waals surface area contributed by atoms with Crippen LogP contribution in [0.2, 0.25) is 0 Å². The van der Waals surface area contributed by atoms with Gasteiger partial charge in [0.25, 0.3) is 0 Å². The molecule has 3 aromatic rings. The monoisotopic (exact) mass is 317 g/mol. The summed E-state index contributed by atoms with van der Waals surface area (Å²) < 4.78 is 28.5. The van der Waals surface area contributed by atoms with E-state index in [1.54, 1.807) is 6.07 Å². The van der Waals surface area contributed by atoms with Crippen molar-refractivity contribution in [3.05, 3.63) is 54.7 Å². The molecule has 3 rings (SSSR count). The molecule has 3 aromatic heterocycles. The Bertz CT molecular complexity index is 861. The van der Waals surface area contributed by atoms with Crippen molar-refractivity contribution in [2.75, 3.05) is 6.54 Å². The summed E-state index contributed by atoms with van der Waals surface area (Å²) in [5, 5.41) is 8.17. The second kappa shape index (κ2) is 6.20. The van der Waals surface area contributed by atoms with Gasteiger partial charge < -0.3 is 0 Å². The van der Waals surface area contributed by atoms with Crippen LogP contribution in [0.1, 0.15) is 12.2 Å². The SMILES string of the molecule is O=S(=O)(NCCCc1nnc2ccccn12)c1cccnc1. The minimum atomic E-state index is -3.50. The first-order chi connectivity index (χ1) is 10.7. The summed E-state index contributed by atoms with van der Waals surface area (Å²) in [7, 11) is -3.50. The zero-order chi connectivity index (χ0) is 15.4. The van der Waals surface area contributed by atoms with E-state index in [1.165, 1.54) is 18.5 Å². The summed E-state index contributed by atoms with van der Waals surface area (Å²) in [5.41, 5.74) is 0.786. The molecule has 0 saturated carbocycles. The van der Waals surface area contributed by atoms with Crippen LogP contribution in [-0.4, -0.2) is 34.5 Å². The number of hydrogen-bond acceptors (Lipinski definition) is 5. The van der Waals surface area contributed by atoms with Crippen molar-refractivity contribution in [1.29, 1.82) is 0 Å². The molecule has 0 saturated heterocycles. The van der Waals surface area contributed by atoms with Crippen LogP contribution in [0.25, 0.3) is 5.65 Å². The summed E-state index contributed by atoms with van der Waals surface area (Å²) >= 11 is 0. The van der Waals surface area contributed by atoms with Crippen LogP contribution in [0.4, 0.5) is 0 Å². The summed E-state index contributed by atoms with van der Waals surface area (Å²) in [4.78, 5) is 3.98. The van der Waals surface area contributed by atoms with Crippen LogP contribution in [0, 0.1) is 0 Å². The highest BCUT2D eigenvalue weighted by Crippen LogP contribution is 2.07. The molecule has 0 spiro atoms. The molecule has 0 unspecified atom stereocenters. The summed E-state index contributed by atoms with van der Waals surface area (Å²) in [5.74, 6) is 0.816. The lowest BCUT2D eigenvalue weighted by molar-refractivity contribution is 0.577. The molecule has 0 atom stereocenters. The molecule has 0 aliphatic heterocycles. The Hall–Kier alpha value is -2.32. The Morgan fingerprint density at radius 2 is 2.05 bits per heavy atom. The van der Waals surface area contributed by atoms with E-state index in [0.29, 0.717) is 19.4 Å². The Balaban J connectivity index is 1.58. The number of nitrogens with zero attached hydrogens (tertiary/aromatic N) is 4. The van der Waals surface area contributed by atoms with Gasteiger partial charge in [-0.25, -0.2) is 13.1 Å². The predicted octanol–water partition coefficient (Wildman–Crippen LogP) is 1.04. The van der Waals surface area contributed by atoms with Gasteiger partial charge in [0.05, 0.1) is 0 Å². The summed E-state index contributed by atoms with van der Waals surface area (Å²) in [6.45, 7) is 0.332. The molecule has 0 amide bonds. The van der Waals surface area contributed by atoms with E-state index in [1.807, 2.05) is 28.8 Å². The standard InChI is InChI=1S/C14H15N5O2S/c20-22(21,12-5-3-8-15-11-12)16-9-4-7-14-18-17-13-6-1-2-10-19(13)14/h1-3,5-6,8,10-11,16H,4,7,9H2. The van der Waals surface area contributed by atoms with Gasteiger partial charge in [0.15, 0.2) is 5.65 Å². The molecule has 0 aliphatic rings. The topological polar surface area (TPSA) is 89.2 Å². The minimum absolute atomic E-state index is 0.169. The number of nitrogens with one attached hydrogen (secondary N) is 1. The van der Waals surface area contributed by atoms with E-state index in [9.17, 15) is 8.42 Å². The number of fused-ring (bicyclic) bond motifs is 1. The van der Waals surface area contributed by atoms with Gasteiger partial charge in [-0.15, -0.1) is 10.2 Å². The Labute approximate surface area is 128 Å². The van der Waals surface area contributed by atoms with Gasteiger partial charge in [0.2, 0.25) is 10.0 Å². The molecule has 0 aromatic carbocycles. The summed E-state index contributed by atoms with van der Waals surface area (Å²) in [6, 6.07) is 8.79. The average molecular weight is 317 g/mol. The number of aryl methyl sites for hydroxylation is 1. The Morgan fingerprint density at radius 3 is 2.86 bits per heavy atom. The lowest BCUT2D eigenvalue weighted by Crippen LogP contribution is -2.25. The van der Waals surface area contributed by atoms with Crippen molar-refractivity contribution in [3.63, 3.8) is 0 Å². The second-order valence-electron chi connectivity index (χ2n) is 4.74. The van der Waals surface area contributed by atoms with E-state index in [-0.39, 0.29) is 4.90 Å². The fraction of sp³-hybridized carbons (Fsp3) is 0.214. The van der Waals surface area contributed by atoms with Crippen molar-refractivity contribution >= 4 is 15.7 Å². The highest BCUT2D eigenvalue weighted by Gasteiger charge is 2.13. The van der Waals surface area contributed by atoms with Crippen LogP contribution in [0.5, 0.6) is 0 Å². The van der Waals surface area contributed by atoms with Gasteiger partial charge in [0.1, 0.15) is 10.7 Å². The van der Waals surface area contributed by atoms with Crippen molar-refractivity contribution in [2.45, 2.75) is 17.7 Å². The highest BCUT2D eigenvalue weighted by molar-refractivity contribution is 7.89. The van der Waals surface area contributed by atoms with Gasteiger partial charge in [-0.2, -0.15) is 0 Å². The first-order valence-corrected chi connectivity index (χ1v) is 8.33. The lowest BCUT2D eigenvalue weighted by Gasteiger charge is -2.05. The van der Waals surface area contributed by atoms with E-state index in [4.69, 9.17) is 0 Å². The van der Waals surface area contributed by atoms with Crippen LogP contribution in [-0.2, 0) is 16.4 Å².